The second kappa shape index (κ2) is 6.92. The van der Waals surface area contributed by atoms with Gasteiger partial charge in [-0.05, 0) is 44.9 Å². The van der Waals surface area contributed by atoms with Crippen molar-refractivity contribution in [1.82, 2.24) is 9.80 Å². The first-order valence-electron chi connectivity index (χ1n) is 7.56. The Bertz CT molecular complexity index is 359. The molecule has 2 amide bonds. The Kier molecular flexibility index (Phi) is 5.23. The van der Waals surface area contributed by atoms with Crippen LogP contribution in [0.3, 0.4) is 0 Å². The number of likely N-dealkylation sites (tertiary alicyclic amines) is 2. The molecule has 2 saturated heterocycles. The minimum absolute atomic E-state index is 0.0534. The van der Waals surface area contributed by atoms with Gasteiger partial charge in [0.1, 0.15) is 6.04 Å². The summed E-state index contributed by atoms with van der Waals surface area (Å²) in [6.07, 6.45) is 5.78. The van der Waals surface area contributed by atoms with Crippen molar-refractivity contribution in [2.45, 2.75) is 57.0 Å². The molecule has 0 saturated carbocycles. The first-order chi connectivity index (χ1) is 9.65. The van der Waals surface area contributed by atoms with Gasteiger partial charge < -0.3 is 20.0 Å². The zero-order valence-electron chi connectivity index (χ0n) is 11.8. The SMILES string of the molecule is O=C(O)C1CCCCN1C(=O)N1CCCCC1CCO. The first kappa shape index (κ1) is 15.1. The summed E-state index contributed by atoms with van der Waals surface area (Å²) in [6.45, 7) is 1.27. The molecule has 0 aromatic carbocycles. The molecule has 0 spiro atoms. The number of carbonyl (C=O) groups is 2. The summed E-state index contributed by atoms with van der Waals surface area (Å²) in [5.41, 5.74) is 0. The number of urea groups is 1. The molecule has 0 aliphatic carbocycles. The Morgan fingerprint density at radius 2 is 1.65 bits per heavy atom. The van der Waals surface area contributed by atoms with Crippen molar-refractivity contribution >= 4 is 12.0 Å². The summed E-state index contributed by atoms with van der Waals surface area (Å²) >= 11 is 0. The van der Waals surface area contributed by atoms with Crippen LogP contribution in [0, 0.1) is 0 Å². The predicted molar refractivity (Wildman–Crippen MR) is 73.4 cm³/mol. The van der Waals surface area contributed by atoms with Gasteiger partial charge in [0.15, 0.2) is 0 Å². The van der Waals surface area contributed by atoms with Gasteiger partial charge >= 0.3 is 12.0 Å². The van der Waals surface area contributed by atoms with Crippen molar-refractivity contribution in [2.75, 3.05) is 19.7 Å². The van der Waals surface area contributed by atoms with Gasteiger partial charge in [0, 0.05) is 25.7 Å². The van der Waals surface area contributed by atoms with E-state index in [0.29, 0.717) is 25.9 Å². The minimum Gasteiger partial charge on any atom is -0.480 e. The zero-order chi connectivity index (χ0) is 14.5. The predicted octanol–water partition coefficient (Wildman–Crippen LogP) is 1.28. The molecule has 2 heterocycles. The van der Waals surface area contributed by atoms with Crippen LogP contribution in [0.2, 0.25) is 0 Å². The van der Waals surface area contributed by atoms with Gasteiger partial charge in [0.25, 0.3) is 0 Å². The molecule has 2 aliphatic rings. The van der Waals surface area contributed by atoms with E-state index in [1.165, 1.54) is 4.90 Å². The van der Waals surface area contributed by atoms with Crippen LogP contribution >= 0.6 is 0 Å². The van der Waals surface area contributed by atoms with Crippen molar-refractivity contribution in [3.63, 3.8) is 0 Å². The number of aliphatic hydroxyl groups is 1. The van der Waals surface area contributed by atoms with Gasteiger partial charge in [-0.25, -0.2) is 9.59 Å². The number of carbonyl (C=O) groups excluding carboxylic acids is 1. The lowest BCUT2D eigenvalue weighted by molar-refractivity contribution is -0.143. The molecule has 0 bridgehead atoms. The third-order valence-electron chi connectivity index (χ3n) is 4.37. The van der Waals surface area contributed by atoms with Crippen molar-refractivity contribution in [3.05, 3.63) is 0 Å². The van der Waals surface area contributed by atoms with E-state index in [1.807, 2.05) is 0 Å². The molecular weight excluding hydrogens is 260 g/mol. The van der Waals surface area contributed by atoms with E-state index >= 15 is 0 Å². The number of carboxylic acid groups (broad SMARTS) is 1. The molecule has 0 radical (unpaired) electrons. The van der Waals surface area contributed by atoms with Crippen molar-refractivity contribution in [2.24, 2.45) is 0 Å². The maximum atomic E-state index is 12.7. The Morgan fingerprint density at radius 1 is 1.00 bits per heavy atom. The van der Waals surface area contributed by atoms with Crippen molar-refractivity contribution < 1.29 is 19.8 Å². The number of amides is 2. The Hall–Kier alpha value is -1.30. The highest BCUT2D eigenvalue weighted by Gasteiger charge is 2.37. The average Bonchev–Trinajstić information content (AvgIpc) is 2.47. The largest absolute Gasteiger partial charge is 0.480 e. The summed E-state index contributed by atoms with van der Waals surface area (Å²) in [6, 6.07) is -0.791. The normalized spacial score (nSPS) is 27.4. The van der Waals surface area contributed by atoms with Gasteiger partial charge in [-0.2, -0.15) is 0 Å². The molecule has 0 aromatic rings. The zero-order valence-corrected chi connectivity index (χ0v) is 11.8. The first-order valence-corrected chi connectivity index (χ1v) is 7.56. The molecule has 6 nitrogen and oxygen atoms in total. The molecule has 2 rings (SSSR count). The molecule has 2 N–H and O–H groups in total. The van der Waals surface area contributed by atoms with Crippen molar-refractivity contribution in [1.29, 1.82) is 0 Å². The lowest BCUT2D eigenvalue weighted by Crippen LogP contribution is -2.56. The summed E-state index contributed by atoms with van der Waals surface area (Å²) in [7, 11) is 0. The third kappa shape index (κ3) is 3.23. The van der Waals surface area contributed by atoms with Gasteiger partial charge in [0.05, 0.1) is 0 Å². The van der Waals surface area contributed by atoms with Gasteiger partial charge in [-0.1, -0.05) is 0 Å². The van der Waals surface area contributed by atoms with E-state index < -0.39 is 12.0 Å². The number of carboxylic acids is 1. The van der Waals surface area contributed by atoms with Gasteiger partial charge in [-0.15, -0.1) is 0 Å². The van der Waals surface area contributed by atoms with E-state index in [0.717, 1.165) is 32.1 Å². The number of aliphatic hydroxyl groups excluding tert-OH is 1. The topological polar surface area (TPSA) is 81.1 Å². The second-order valence-electron chi connectivity index (χ2n) is 5.68. The summed E-state index contributed by atoms with van der Waals surface area (Å²) in [5, 5.41) is 18.4. The Morgan fingerprint density at radius 3 is 2.30 bits per heavy atom. The summed E-state index contributed by atoms with van der Waals surface area (Å²) in [5.74, 6) is -0.909. The van der Waals surface area contributed by atoms with E-state index in [4.69, 9.17) is 5.11 Å². The summed E-state index contributed by atoms with van der Waals surface area (Å²) < 4.78 is 0. The molecule has 2 aliphatic heterocycles. The maximum absolute atomic E-state index is 12.7. The maximum Gasteiger partial charge on any atom is 0.326 e. The fraction of sp³-hybridized carbons (Fsp3) is 0.857. The number of rotatable bonds is 3. The van der Waals surface area contributed by atoms with Crippen LogP contribution in [0.15, 0.2) is 0 Å². The van der Waals surface area contributed by atoms with Crippen LogP contribution in [-0.2, 0) is 4.79 Å². The standard InChI is InChI=1S/C14H24N2O4/c17-10-7-11-5-1-3-8-15(11)14(20)16-9-4-2-6-12(16)13(18)19/h11-12,17H,1-10H2,(H,18,19). The molecule has 6 heteroatoms. The Balaban J connectivity index is 2.08. The quantitative estimate of drug-likeness (QED) is 0.818. The Labute approximate surface area is 119 Å². The van der Waals surface area contributed by atoms with Crippen LogP contribution in [0.1, 0.15) is 44.9 Å². The molecule has 20 heavy (non-hydrogen) atoms. The average molecular weight is 284 g/mol. The number of hydrogen-bond acceptors (Lipinski definition) is 3. The van der Waals surface area contributed by atoms with E-state index in [9.17, 15) is 14.7 Å². The monoisotopic (exact) mass is 284 g/mol. The highest BCUT2D eigenvalue weighted by atomic mass is 16.4. The van der Waals surface area contributed by atoms with Crippen LogP contribution in [0.4, 0.5) is 4.79 Å². The minimum atomic E-state index is -0.909. The van der Waals surface area contributed by atoms with Crippen molar-refractivity contribution in [3.8, 4) is 0 Å². The van der Waals surface area contributed by atoms with Crippen LogP contribution in [0.5, 0.6) is 0 Å². The molecule has 2 unspecified atom stereocenters. The lowest BCUT2D eigenvalue weighted by Gasteiger charge is -2.42. The fourth-order valence-electron chi connectivity index (χ4n) is 3.28. The smallest absolute Gasteiger partial charge is 0.326 e. The van der Waals surface area contributed by atoms with Gasteiger partial charge in [-0.3, -0.25) is 0 Å². The molecule has 2 atom stereocenters. The third-order valence-corrected chi connectivity index (χ3v) is 4.37. The number of piperidine rings is 2. The van der Waals surface area contributed by atoms with E-state index in [-0.39, 0.29) is 18.7 Å². The number of nitrogens with zero attached hydrogens (tertiary/aromatic N) is 2. The second-order valence-corrected chi connectivity index (χ2v) is 5.68. The van der Waals surface area contributed by atoms with Crippen LogP contribution in [-0.4, -0.2) is 63.8 Å². The molecule has 114 valence electrons. The summed E-state index contributed by atoms with van der Waals surface area (Å²) in [4.78, 5) is 27.3. The van der Waals surface area contributed by atoms with E-state index in [1.54, 1.807) is 4.90 Å². The number of hydrogen-bond donors (Lipinski definition) is 2. The molecule has 2 fully saturated rings. The van der Waals surface area contributed by atoms with Crippen LogP contribution < -0.4 is 0 Å². The molecular formula is C14H24N2O4. The highest BCUT2D eigenvalue weighted by Crippen LogP contribution is 2.25. The van der Waals surface area contributed by atoms with Crippen LogP contribution in [0.25, 0.3) is 0 Å². The number of aliphatic carboxylic acids is 1. The van der Waals surface area contributed by atoms with E-state index in [2.05, 4.69) is 0 Å². The fourth-order valence-corrected chi connectivity index (χ4v) is 3.28. The molecule has 0 aromatic heterocycles. The lowest BCUT2D eigenvalue weighted by atomic mass is 9.99. The highest BCUT2D eigenvalue weighted by molar-refractivity contribution is 5.83. The van der Waals surface area contributed by atoms with Gasteiger partial charge in [0.2, 0.25) is 0 Å².